The Balaban J connectivity index is 2.06. The Labute approximate surface area is 128 Å². The van der Waals surface area contributed by atoms with Gasteiger partial charge in [0.25, 0.3) is 0 Å². The van der Waals surface area contributed by atoms with E-state index in [1.807, 2.05) is 30.3 Å². The topological polar surface area (TPSA) is 38.0 Å². The molecule has 3 aromatic rings. The van der Waals surface area contributed by atoms with E-state index in [-0.39, 0.29) is 5.75 Å². The van der Waals surface area contributed by atoms with Crippen molar-refractivity contribution in [2.75, 3.05) is 0 Å². The zero-order chi connectivity index (χ0) is 14.8. The number of hydrogen-bond acceptors (Lipinski definition) is 2. The zero-order valence-corrected chi connectivity index (χ0v) is 12.6. The monoisotopic (exact) mass is 300 g/mol. The number of aryl methyl sites for hydroxylation is 1. The van der Waals surface area contributed by atoms with E-state index in [1.165, 1.54) is 0 Å². The van der Waals surface area contributed by atoms with Crippen LogP contribution in [0.2, 0.25) is 5.02 Å². The smallest absolute Gasteiger partial charge is 0.115 e. The van der Waals surface area contributed by atoms with Crippen LogP contribution in [0.25, 0.3) is 11.0 Å². The van der Waals surface area contributed by atoms with Gasteiger partial charge in [-0.15, -0.1) is 0 Å². The molecule has 2 aromatic carbocycles. The van der Waals surface area contributed by atoms with E-state index in [1.54, 1.807) is 12.1 Å². The first-order chi connectivity index (χ1) is 10.2. The number of benzene rings is 2. The minimum absolute atomic E-state index is 0.286. The van der Waals surface area contributed by atoms with E-state index >= 15 is 0 Å². The SMILES string of the molecule is CCCn1c(Cc2cccc(O)c2)nc2ccc(Cl)cc21. The molecule has 3 nitrogen and oxygen atoms in total. The Bertz CT molecular complexity index is 780. The number of aromatic nitrogens is 2. The lowest BCUT2D eigenvalue weighted by molar-refractivity contribution is 0.474. The summed E-state index contributed by atoms with van der Waals surface area (Å²) in [5.74, 6) is 1.29. The van der Waals surface area contributed by atoms with E-state index in [0.717, 1.165) is 40.4 Å². The molecule has 21 heavy (non-hydrogen) atoms. The first-order valence-electron chi connectivity index (χ1n) is 7.10. The van der Waals surface area contributed by atoms with Crippen molar-refractivity contribution in [3.63, 3.8) is 0 Å². The number of aromatic hydroxyl groups is 1. The van der Waals surface area contributed by atoms with Gasteiger partial charge in [-0.2, -0.15) is 0 Å². The Kier molecular flexibility index (Phi) is 3.84. The molecular formula is C17H17ClN2O. The average Bonchev–Trinajstić information content (AvgIpc) is 2.77. The van der Waals surface area contributed by atoms with Crippen molar-refractivity contribution in [2.24, 2.45) is 0 Å². The highest BCUT2D eigenvalue weighted by Gasteiger charge is 2.11. The summed E-state index contributed by atoms with van der Waals surface area (Å²) in [6, 6.07) is 13.1. The lowest BCUT2D eigenvalue weighted by Gasteiger charge is -2.08. The number of hydrogen-bond donors (Lipinski definition) is 1. The standard InChI is InChI=1S/C17H17ClN2O/c1-2-8-20-16-11-13(18)6-7-15(16)19-17(20)10-12-4-3-5-14(21)9-12/h3-7,9,11,21H,2,8,10H2,1H3. The normalized spacial score (nSPS) is 11.1. The highest BCUT2D eigenvalue weighted by atomic mass is 35.5. The fourth-order valence-corrected chi connectivity index (χ4v) is 2.77. The van der Waals surface area contributed by atoms with Crippen LogP contribution >= 0.6 is 11.6 Å². The van der Waals surface area contributed by atoms with Crippen molar-refractivity contribution in [3.05, 3.63) is 58.9 Å². The summed E-state index contributed by atoms with van der Waals surface area (Å²) in [7, 11) is 0. The van der Waals surface area contributed by atoms with Crippen LogP contribution in [0.4, 0.5) is 0 Å². The van der Waals surface area contributed by atoms with Crippen molar-refractivity contribution < 1.29 is 5.11 Å². The molecule has 0 spiro atoms. The molecule has 0 aliphatic heterocycles. The van der Waals surface area contributed by atoms with Crippen molar-refractivity contribution >= 4 is 22.6 Å². The van der Waals surface area contributed by atoms with Gasteiger partial charge in [-0.1, -0.05) is 30.7 Å². The van der Waals surface area contributed by atoms with Gasteiger partial charge in [0.2, 0.25) is 0 Å². The Morgan fingerprint density at radius 1 is 1.19 bits per heavy atom. The summed E-state index contributed by atoms with van der Waals surface area (Å²) < 4.78 is 2.21. The van der Waals surface area contributed by atoms with Crippen LogP contribution in [-0.4, -0.2) is 14.7 Å². The van der Waals surface area contributed by atoms with Gasteiger partial charge < -0.3 is 9.67 Å². The van der Waals surface area contributed by atoms with E-state index < -0.39 is 0 Å². The van der Waals surface area contributed by atoms with Crippen LogP contribution in [-0.2, 0) is 13.0 Å². The molecule has 0 saturated carbocycles. The highest BCUT2D eigenvalue weighted by Crippen LogP contribution is 2.23. The lowest BCUT2D eigenvalue weighted by atomic mass is 10.1. The number of fused-ring (bicyclic) bond motifs is 1. The molecule has 0 amide bonds. The summed E-state index contributed by atoms with van der Waals surface area (Å²) in [5.41, 5.74) is 3.08. The molecule has 0 aliphatic carbocycles. The summed E-state index contributed by atoms with van der Waals surface area (Å²) in [6.07, 6.45) is 1.73. The molecule has 4 heteroatoms. The first-order valence-corrected chi connectivity index (χ1v) is 7.47. The van der Waals surface area contributed by atoms with Gasteiger partial charge in [0.05, 0.1) is 11.0 Å². The molecule has 0 bridgehead atoms. The van der Waals surface area contributed by atoms with Crippen LogP contribution in [0, 0.1) is 0 Å². The second-order valence-electron chi connectivity index (χ2n) is 5.16. The van der Waals surface area contributed by atoms with Gasteiger partial charge in [-0.05, 0) is 42.3 Å². The Hall–Kier alpha value is -2.00. The third kappa shape index (κ3) is 2.88. The average molecular weight is 301 g/mol. The Morgan fingerprint density at radius 3 is 2.81 bits per heavy atom. The number of halogens is 1. The van der Waals surface area contributed by atoms with Crippen molar-refractivity contribution in [3.8, 4) is 5.75 Å². The summed E-state index contributed by atoms with van der Waals surface area (Å²) in [6.45, 7) is 3.06. The van der Waals surface area contributed by atoms with Crippen molar-refractivity contribution in [2.45, 2.75) is 26.3 Å². The molecule has 108 valence electrons. The van der Waals surface area contributed by atoms with Gasteiger partial charge in [0, 0.05) is 18.0 Å². The molecule has 0 atom stereocenters. The fourth-order valence-electron chi connectivity index (χ4n) is 2.60. The van der Waals surface area contributed by atoms with Crippen LogP contribution in [0.1, 0.15) is 24.7 Å². The molecular weight excluding hydrogens is 284 g/mol. The third-order valence-corrected chi connectivity index (χ3v) is 3.74. The highest BCUT2D eigenvalue weighted by molar-refractivity contribution is 6.31. The Morgan fingerprint density at radius 2 is 2.05 bits per heavy atom. The number of rotatable bonds is 4. The minimum atomic E-state index is 0.286. The van der Waals surface area contributed by atoms with Gasteiger partial charge in [-0.3, -0.25) is 0 Å². The van der Waals surface area contributed by atoms with Gasteiger partial charge in [0.1, 0.15) is 11.6 Å². The number of imidazole rings is 1. The van der Waals surface area contributed by atoms with E-state index in [2.05, 4.69) is 11.5 Å². The molecule has 1 heterocycles. The van der Waals surface area contributed by atoms with E-state index in [0.29, 0.717) is 6.42 Å². The van der Waals surface area contributed by atoms with E-state index in [9.17, 15) is 5.11 Å². The molecule has 0 unspecified atom stereocenters. The zero-order valence-electron chi connectivity index (χ0n) is 11.9. The molecule has 3 rings (SSSR count). The predicted octanol–water partition coefficient (Wildman–Crippen LogP) is 4.40. The maximum Gasteiger partial charge on any atom is 0.115 e. The van der Waals surface area contributed by atoms with E-state index in [4.69, 9.17) is 16.6 Å². The van der Waals surface area contributed by atoms with Crippen LogP contribution in [0.15, 0.2) is 42.5 Å². The maximum absolute atomic E-state index is 9.60. The summed E-state index contributed by atoms with van der Waals surface area (Å²) in [4.78, 5) is 4.72. The number of phenolic OH excluding ortho intramolecular Hbond substituents is 1. The van der Waals surface area contributed by atoms with Crippen LogP contribution in [0.5, 0.6) is 5.75 Å². The molecule has 1 aromatic heterocycles. The summed E-state index contributed by atoms with van der Waals surface area (Å²) in [5, 5.41) is 10.3. The first kappa shape index (κ1) is 14.0. The van der Waals surface area contributed by atoms with Crippen LogP contribution < -0.4 is 0 Å². The summed E-state index contributed by atoms with van der Waals surface area (Å²) >= 11 is 6.11. The second-order valence-corrected chi connectivity index (χ2v) is 5.60. The van der Waals surface area contributed by atoms with Crippen molar-refractivity contribution in [1.82, 2.24) is 9.55 Å². The lowest BCUT2D eigenvalue weighted by Crippen LogP contribution is -2.04. The van der Waals surface area contributed by atoms with Gasteiger partial charge in [-0.25, -0.2) is 4.98 Å². The van der Waals surface area contributed by atoms with Crippen LogP contribution in [0.3, 0.4) is 0 Å². The minimum Gasteiger partial charge on any atom is -0.508 e. The molecule has 0 radical (unpaired) electrons. The fraction of sp³-hybridized carbons (Fsp3) is 0.235. The van der Waals surface area contributed by atoms with Gasteiger partial charge in [0.15, 0.2) is 0 Å². The molecule has 0 aliphatic rings. The maximum atomic E-state index is 9.60. The third-order valence-electron chi connectivity index (χ3n) is 3.51. The van der Waals surface area contributed by atoms with Crippen molar-refractivity contribution in [1.29, 1.82) is 0 Å². The second kappa shape index (κ2) is 5.78. The largest absolute Gasteiger partial charge is 0.508 e. The molecule has 1 N–H and O–H groups in total. The predicted molar refractivity (Wildman–Crippen MR) is 85.9 cm³/mol. The quantitative estimate of drug-likeness (QED) is 0.775. The molecule has 0 fully saturated rings. The number of phenols is 1. The van der Waals surface area contributed by atoms with Gasteiger partial charge >= 0.3 is 0 Å². The molecule has 0 saturated heterocycles. The number of nitrogens with zero attached hydrogens (tertiary/aromatic N) is 2.